The third-order valence-electron chi connectivity index (χ3n) is 4.02. The highest BCUT2D eigenvalue weighted by atomic mass is 16.5. The molecule has 0 radical (unpaired) electrons. The largest absolute Gasteiger partial charge is 0.493 e. The Labute approximate surface area is 117 Å². The van der Waals surface area contributed by atoms with Crippen LogP contribution in [0.1, 0.15) is 51.0 Å². The van der Waals surface area contributed by atoms with Crippen LogP contribution in [-0.4, -0.2) is 12.6 Å². The van der Waals surface area contributed by atoms with E-state index in [-0.39, 0.29) is 6.04 Å². The first kappa shape index (κ1) is 14.4. The van der Waals surface area contributed by atoms with Crippen LogP contribution in [0.3, 0.4) is 0 Å². The van der Waals surface area contributed by atoms with Crippen LogP contribution in [0.5, 0.6) is 5.75 Å². The van der Waals surface area contributed by atoms with E-state index in [2.05, 4.69) is 31.2 Å². The van der Waals surface area contributed by atoms with Crippen molar-refractivity contribution in [1.82, 2.24) is 0 Å². The molecule has 2 nitrogen and oxygen atoms in total. The van der Waals surface area contributed by atoms with Crippen molar-refractivity contribution >= 4 is 0 Å². The molecule has 0 heterocycles. The second kappa shape index (κ2) is 7.54. The molecule has 0 amide bonds. The van der Waals surface area contributed by atoms with Gasteiger partial charge in [0.1, 0.15) is 5.75 Å². The van der Waals surface area contributed by atoms with Crippen molar-refractivity contribution in [1.29, 1.82) is 0 Å². The lowest BCUT2D eigenvalue weighted by Gasteiger charge is -2.21. The van der Waals surface area contributed by atoms with Crippen molar-refractivity contribution in [3.05, 3.63) is 29.8 Å². The Bertz CT molecular complexity index is 352. The van der Waals surface area contributed by atoms with Gasteiger partial charge in [-0.1, -0.05) is 31.4 Å². The first-order chi connectivity index (χ1) is 9.24. The van der Waals surface area contributed by atoms with Crippen molar-refractivity contribution in [2.75, 3.05) is 6.61 Å². The average Bonchev–Trinajstić information content (AvgIpc) is 2.45. The molecule has 0 spiro atoms. The monoisotopic (exact) mass is 261 g/mol. The summed E-state index contributed by atoms with van der Waals surface area (Å²) in [5.74, 6) is 1.78. The lowest BCUT2D eigenvalue weighted by Crippen LogP contribution is -2.15. The Hall–Kier alpha value is -1.02. The van der Waals surface area contributed by atoms with Crippen LogP contribution in [-0.2, 0) is 6.42 Å². The lowest BCUT2D eigenvalue weighted by molar-refractivity contribution is 0.209. The maximum Gasteiger partial charge on any atom is 0.119 e. The SMILES string of the molecule is CC(N)CCc1ccc(OCC2CCCCC2)cc1. The molecule has 0 aromatic heterocycles. The van der Waals surface area contributed by atoms with E-state index in [9.17, 15) is 0 Å². The number of hydrogen-bond donors (Lipinski definition) is 1. The minimum Gasteiger partial charge on any atom is -0.493 e. The van der Waals surface area contributed by atoms with Gasteiger partial charge in [0, 0.05) is 6.04 Å². The van der Waals surface area contributed by atoms with Crippen LogP contribution in [0.15, 0.2) is 24.3 Å². The van der Waals surface area contributed by atoms with Gasteiger partial charge in [0.05, 0.1) is 6.61 Å². The zero-order chi connectivity index (χ0) is 13.5. The summed E-state index contributed by atoms with van der Waals surface area (Å²) < 4.78 is 5.90. The van der Waals surface area contributed by atoms with E-state index in [1.54, 1.807) is 0 Å². The smallest absolute Gasteiger partial charge is 0.119 e. The summed E-state index contributed by atoms with van der Waals surface area (Å²) in [6, 6.07) is 8.80. The molecule has 1 atom stereocenters. The summed E-state index contributed by atoms with van der Waals surface area (Å²) in [4.78, 5) is 0. The minimum absolute atomic E-state index is 0.280. The molecule has 1 aliphatic carbocycles. The molecule has 1 aromatic rings. The van der Waals surface area contributed by atoms with Crippen molar-refractivity contribution in [2.45, 2.75) is 57.9 Å². The Morgan fingerprint density at radius 2 is 1.84 bits per heavy atom. The molecule has 1 aromatic carbocycles. The normalized spacial score (nSPS) is 18.2. The lowest BCUT2D eigenvalue weighted by atomic mass is 9.90. The summed E-state index contributed by atoms with van der Waals surface area (Å²) in [5, 5.41) is 0. The minimum atomic E-state index is 0.280. The van der Waals surface area contributed by atoms with Gasteiger partial charge >= 0.3 is 0 Å². The molecule has 2 heteroatoms. The van der Waals surface area contributed by atoms with Crippen LogP contribution in [0, 0.1) is 5.92 Å². The summed E-state index contributed by atoms with van der Waals surface area (Å²) in [6.45, 7) is 2.95. The van der Waals surface area contributed by atoms with Gasteiger partial charge in [-0.15, -0.1) is 0 Å². The molecule has 0 bridgehead atoms. The Morgan fingerprint density at radius 1 is 1.16 bits per heavy atom. The van der Waals surface area contributed by atoms with Crippen LogP contribution < -0.4 is 10.5 Å². The van der Waals surface area contributed by atoms with E-state index in [1.807, 2.05) is 0 Å². The molecule has 0 aliphatic heterocycles. The number of aryl methyl sites for hydroxylation is 1. The summed E-state index contributed by atoms with van der Waals surface area (Å²) in [6.07, 6.45) is 8.95. The van der Waals surface area contributed by atoms with Gasteiger partial charge in [0.25, 0.3) is 0 Å². The van der Waals surface area contributed by atoms with E-state index >= 15 is 0 Å². The Morgan fingerprint density at radius 3 is 2.47 bits per heavy atom. The second-order valence-electron chi connectivity index (χ2n) is 5.97. The molecule has 1 aliphatic rings. The van der Waals surface area contributed by atoms with Gasteiger partial charge < -0.3 is 10.5 Å². The fourth-order valence-electron chi connectivity index (χ4n) is 2.71. The van der Waals surface area contributed by atoms with Crippen LogP contribution in [0.2, 0.25) is 0 Å². The number of benzene rings is 1. The van der Waals surface area contributed by atoms with E-state index < -0.39 is 0 Å². The Kier molecular flexibility index (Phi) is 5.71. The van der Waals surface area contributed by atoms with E-state index in [1.165, 1.54) is 37.7 Å². The van der Waals surface area contributed by atoms with E-state index in [0.717, 1.165) is 31.1 Å². The highest BCUT2D eigenvalue weighted by molar-refractivity contribution is 5.27. The van der Waals surface area contributed by atoms with Gasteiger partial charge in [-0.05, 0) is 56.2 Å². The third kappa shape index (κ3) is 5.23. The maximum absolute atomic E-state index is 5.90. The molecule has 19 heavy (non-hydrogen) atoms. The van der Waals surface area contributed by atoms with Gasteiger partial charge in [0.2, 0.25) is 0 Å². The number of rotatable bonds is 6. The summed E-state index contributed by atoms with van der Waals surface area (Å²) >= 11 is 0. The number of hydrogen-bond acceptors (Lipinski definition) is 2. The van der Waals surface area contributed by atoms with Crippen molar-refractivity contribution in [3.63, 3.8) is 0 Å². The maximum atomic E-state index is 5.90. The van der Waals surface area contributed by atoms with Crippen LogP contribution >= 0.6 is 0 Å². The Balaban J connectivity index is 1.74. The highest BCUT2D eigenvalue weighted by Gasteiger charge is 2.13. The van der Waals surface area contributed by atoms with Crippen LogP contribution in [0.25, 0.3) is 0 Å². The molecule has 2 N–H and O–H groups in total. The van der Waals surface area contributed by atoms with Crippen molar-refractivity contribution in [2.24, 2.45) is 11.7 Å². The first-order valence-corrected chi connectivity index (χ1v) is 7.71. The molecule has 106 valence electrons. The van der Waals surface area contributed by atoms with Gasteiger partial charge in [-0.2, -0.15) is 0 Å². The zero-order valence-corrected chi connectivity index (χ0v) is 12.1. The van der Waals surface area contributed by atoms with Crippen molar-refractivity contribution in [3.8, 4) is 5.75 Å². The first-order valence-electron chi connectivity index (χ1n) is 7.71. The average molecular weight is 261 g/mol. The van der Waals surface area contributed by atoms with Crippen molar-refractivity contribution < 1.29 is 4.74 Å². The number of nitrogens with two attached hydrogens (primary N) is 1. The summed E-state index contributed by atoms with van der Waals surface area (Å²) in [5.41, 5.74) is 7.13. The van der Waals surface area contributed by atoms with E-state index in [4.69, 9.17) is 10.5 Å². The zero-order valence-electron chi connectivity index (χ0n) is 12.1. The molecular formula is C17H27NO. The molecule has 2 rings (SSSR count). The molecule has 0 saturated heterocycles. The van der Waals surface area contributed by atoms with E-state index in [0.29, 0.717) is 0 Å². The third-order valence-corrected chi connectivity index (χ3v) is 4.02. The molecule has 1 saturated carbocycles. The van der Waals surface area contributed by atoms with Gasteiger partial charge in [0.15, 0.2) is 0 Å². The van der Waals surface area contributed by atoms with Gasteiger partial charge in [-0.25, -0.2) is 0 Å². The fraction of sp³-hybridized carbons (Fsp3) is 0.647. The number of ether oxygens (including phenoxy) is 1. The van der Waals surface area contributed by atoms with Crippen LogP contribution in [0.4, 0.5) is 0 Å². The summed E-state index contributed by atoms with van der Waals surface area (Å²) in [7, 11) is 0. The second-order valence-corrected chi connectivity index (χ2v) is 5.97. The molecule has 1 unspecified atom stereocenters. The molecule has 1 fully saturated rings. The predicted octanol–water partition coefficient (Wildman–Crippen LogP) is 3.93. The van der Waals surface area contributed by atoms with Gasteiger partial charge in [-0.3, -0.25) is 0 Å². The highest BCUT2D eigenvalue weighted by Crippen LogP contribution is 2.24. The standard InChI is InChI=1S/C17H27NO/c1-14(18)7-8-15-9-11-17(12-10-15)19-13-16-5-3-2-4-6-16/h9-12,14,16H,2-8,13,18H2,1H3. The predicted molar refractivity (Wildman–Crippen MR) is 80.5 cm³/mol. The fourth-order valence-corrected chi connectivity index (χ4v) is 2.71. The topological polar surface area (TPSA) is 35.2 Å². The quantitative estimate of drug-likeness (QED) is 0.842. The molecular weight excluding hydrogens is 234 g/mol.